The number of aliphatic hydroxyl groups excluding tert-OH is 1. The first-order chi connectivity index (χ1) is 8.74. The van der Waals surface area contributed by atoms with Crippen LogP contribution < -0.4 is 0 Å². The van der Waals surface area contributed by atoms with Crippen LogP contribution in [0.4, 0.5) is 4.79 Å². The van der Waals surface area contributed by atoms with Gasteiger partial charge in [0.25, 0.3) is 0 Å². The van der Waals surface area contributed by atoms with Crippen LogP contribution in [0.3, 0.4) is 0 Å². The highest BCUT2D eigenvalue weighted by Gasteiger charge is 2.49. The minimum atomic E-state index is -0.460. The maximum absolute atomic E-state index is 12.3. The molecule has 0 radical (unpaired) electrons. The average Bonchev–Trinajstić information content (AvgIpc) is 2.27. The lowest BCUT2D eigenvalue weighted by Crippen LogP contribution is -2.60. The van der Waals surface area contributed by atoms with Gasteiger partial charge in [0, 0.05) is 18.0 Å². The minimum Gasteiger partial charge on any atom is -0.444 e. The Morgan fingerprint density at radius 2 is 2.00 bits per heavy atom. The van der Waals surface area contributed by atoms with Crippen LogP contribution in [0.5, 0.6) is 0 Å². The summed E-state index contributed by atoms with van der Waals surface area (Å²) in [4.78, 5) is 14.2. The molecule has 110 valence electrons. The number of amides is 1. The average molecular weight is 269 g/mol. The number of nitrogens with zero attached hydrogens (tertiary/aromatic N) is 1. The van der Waals surface area contributed by atoms with Crippen molar-refractivity contribution in [2.75, 3.05) is 6.54 Å². The Morgan fingerprint density at radius 3 is 2.63 bits per heavy atom. The molecule has 2 rings (SSSR count). The molecule has 1 N–H and O–H groups in total. The van der Waals surface area contributed by atoms with E-state index in [0.717, 1.165) is 38.6 Å². The summed E-state index contributed by atoms with van der Waals surface area (Å²) < 4.78 is 5.51. The molecule has 0 spiro atoms. The van der Waals surface area contributed by atoms with Crippen molar-refractivity contribution in [3.8, 4) is 0 Å². The third kappa shape index (κ3) is 2.88. The van der Waals surface area contributed by atoms with Gasteiger partial charge in [-0.2, -0.15) is 0 Å². The number of rotatable bonds is 0. The first-order valence-electron chi connectivity index (χ1n) is 7.42. The van der Waals surface area contributed by atoms with Crippen LogP contribution in [-0.4, -0.2) is 40.4 Å². The van der Waals surface area contributed by atoms with Crippen molar-refractivity contribution in [2.24, 2.45) is 5.41 Å². The van der Waals surface area contributed by atoms with Crippen LogP contribution in [0, 0.1) is 5.41 Å². The van der Waals surface area contributed by atoms with E-state index in [2.05, 4.69) is 6.92 Å². The molecule has 1 saturated carbocycles. The summed E-state index contributed by atoms with van der Waals surface area (Å²) in [6, 6.07) is 0.125. The summed E-state index contributed by atoms with van der Waals surface area (Å²) in [7, 11) is 0. The lowest BCUT2D eigenvalue weighted by Gasteiger charge is -2.53. The maximum atomic E-state index is 12.3. The molecule has 2 aliphatic rings. The number of carbonyl (C=O) groups excluding carboxylic acids is 1. The zero-order chi connectivity index (χ0) is 14.3. The topological polar surface area (TPSA) is 49.8 Å². The first kappa shape index (κ1) is 14.6. The molecule has 3 atom stereocenters. The van der Waals surface area contributed by atoms with E-state index >= 15 is 0 Å². The first-order valence-corrected chi connectivity index (χ1v) is 7.42. The van der Waals surface area contributed by atoms with E-state index in [1.807, 2.05) is 25.7 Å². The monoisotopic (exact) mass is 269 g/mol. The molecule has 0 aromatic carbocycles. The number of fused-ring (bicyclic) bond motifs is 1. The molecule has 1 aliphatic carbocycles. The molecule has 3 unspecified atom stereocenters. The number of likely N-dealkylation sites (tertiary alicyclic amines) is 1. The van der Waals surface area contributed by atoms with Gasteiger partial charge in [-0.15, -0.1) is 0 Å². The molecule has 1 heterocycles. The summed E-state index contributed by atoms with van der Waals surface area (Å²) in [5, 5.41) is 10.3. The molecule has 4 heteroatoms. The van der Waals surface area contributed by atoms with E-state index in [0.29, 0.717) is 0 Å². The molecule has 1 aliphatic heterocycles. The normalized spacial score (nSPS) is 35.7. The van der Waals surface area contributed by atoms with Crippen molar-refractivity contribution in [1.82, 2.24) is 4.90 Å². The van der Waals surface area contributed by atoms with Crippen LogP contribution in [-0.2, 0) is 4.74 Å². The minimum absolute atomic E-state index is 0.125. The summed E-state index contributed by atoms with van der Waals surface area (Å²) in [6.45, 7) is 8.55. The number of carbonyl (C=O) groups is 1. The third-order valence-electron chi connectivity index (χ3n) is 4.60. The Hall–Kier alpha value is -0.770. The number of hydrogen-bond donors (Lipinski definition) is 1. The highest BCUT2D eigenvalue weighted by atomic mass is 16.6. The highest BCUT2D eigenvalue weighted by molar-refractivity contribution is 5.69. The zero-order valence-corrected chi connectivity index (χ0v) is 12.6. The molecule has 0 aromatic rings. The van der Waals surface area contributed by atoms with Gasteiger partial charge in [0.15, 0.2) is 0 Å². The number of aliphatic hydroxyl groups is 1. The molecule has 0 bridgehead atoms. The Morgan fingerprint density at radius 1 is 1.32 bits per heavy atom. The predicted molar refractivity (Wildman–Crippen MR) is 73.9 cm³/mol. The summed E-state index contributed by atoms with van der Waals surface area (Å²) in [6.07, 6.45) is 4.25. The fourth-order valence-electron chi connectivity index (χ4n) is 3.56. The van der Waals surface area contributed by atoms with Gasteiger partial charge in [0.1, 0.15) is 5.60 Å². The second kappa shape index (κ2) is 4.97. The molecule has 2 fully saturated rings. The van der Waals surface area contributed by atoms with E-state index < -0.39 is 5.60 Å². The van der Waals surface area contributed by atoms with E-state index in [4.69, 9.17) is 4.74 Å². The van der Waals surface area contributed by atoms with Gasteiger partial charge in [-0.25, -0.2) is 4.79 Å². The van der Waals surface area contributed by atoms with Crippen molar-refractivity contribution in [3.05, 3.63) is 0 Å². The smallest absolute Gasteiger partial charge is 0.410 e. The predicted octanol–water partition coefficient (Wildman–Crippen LogP) is 2.94. The Bertz CT molecular complexity index is 350. The third-order valence-corrected chi connectivity index (χ3v) is 4.60. The van der Waals surface area contributed by atoms with Crippen molar-refractivity contribution >= 4 is 6.09 Å². The van der Waals surface area contributed by atoms with Gasteiger partial charge in [0.2, 0.25) is 0 Å². The summed E-state index contributed by atoms with van der Waals surface area (Å²) >= 11 is 0. The van der Waals surface area contributed by atoms with Gasteiger partial charge in [-0.05, 0) is 52.9 Å². The number of hydrogen-bond acceptors (Lipinski definition) is 3. The Balaban J connectivity index is 2.15. The molecule has 19 heavy (non-hydrogen) atoms. The lowest BCUT2D eigenvalue weighted by molar-refractivity contribution is -0.0935. The van der Waals surface area contributed by atoms with Crippen molar-refractivity contribution in [3.63, 3.8) is 0 Å². The van der Waals surface area contributed by atoms with Crippen LogP contribution in [0.1, 0.15) is 59.8 Å². The second-order valence-electron chi connectivity index (χ2n) is 7.25. The molecular formula is C15H27NO3. The molecule has 4 nitrogen and oxygen atoms in total. The number of ether oxygens (including phenoxy) is 1. The van der Waals surface area contributed by atoms with E-state index in [-0.39, 0.29) is 23.7 Å². The standard InChI is InChI=1S/C15H27NO3/c1-14(2,3)19-13(18)16-10-6-9-15(4)11(16)7-5-8-12(15)17/h11-12,17H,5-10H2,1-4H3. The van der Waals surface area contributed by atoms with E-state index in [1.54, 1.807) is 0 Å². The van der Waals surface area contributed by atoms with Crippen LogP contribution in [0.25, 0.3) is 0 Å². The second-order valence-corrected chi connectivity index (χ2v) is 7.25. The van der Waals surface area contributed by atoms with Gasteiger partial charge in [0.05, 0.1) is 6.10 Å². The van der Waals surface area contributed by atoms with E-state index in [1.165, 1.54) is 0 Å². The van der Waals surface area contributed by atoms with Gasteiger partial charge >= 0.3 is 6.09 Å². The molecule has 1 saturated heterocycles. The fourth-order valence-corrected chi connectivity index (χ4v) is 3.56. The quantitative estimate of drug-likeness (QED) is 0.735. The fraction of sp³-hybridized carbons (Fsp3) is 0.933. The van der Waals surface area contributed by atoms with Crippen LogP contribution in [0.2, 0.25) is 0 Å². The highest BCUT2D eigenvalue weighted by Crippen LogP contribution is 2.45. The summed E-state index contributed by atoms with van der Waals surface area (Å²) in [5.41, 5.74) is -0.619. The molecule has 1 amide bonds. The lowest BCUT2D eigenvalue weighted by atomic mass is 9.64. The van der Waals surface area contributed by atoms with Crippen LogP contribution in [0.15, 0.2) is 0 Å². The largest absolute Gasteiger partial charge is 0.444 e. The Labute approximate surface area is 116 Å². The Kier molecular flexibility index (Phi) is 3.83. The van der Waals surface area contributed by atoms with Gasteiger partial charge in [-0.1, -0.05) is 6.92 Å². The number of piperidine rings is 1. The van der Waals surface area contributed by atoms with Crippen LogP contribution >= 0.6 is 0 Å². The zero-order valence-electron chi connectivity index (χ0n) is 12.6. The van der Waals surface area contributed by atoms with Crippen molar-refractivity contribution in [1.29, 1.82) is 0 Å². The van der Waals surface area contributed by atoms with Gasteiger partial charge < -0.3 is 14.7 Å². The maximum Gasteiger partial charge on any atom is 0.410 e. The molecule has 0 aromatic heterocycles. The van der Waals surface area contributed by atoms with Gasteiger partial charge in [-0.3, -0.25) is 0 Å². The van der Waals surface area contributed by atoms with Crippen molar-refractivity contribution < 1.29 is 14.6 Å². The molecular weight excluding hydrogens is 242 g/mol. The summed E-state index contributed by atoms with van der Waals surface area (Å²) in [5.74, 6) is 0. The van der Waals surface area contributed by atoms with E-state index in [9.17, 15) is 9.90 Å². The SMILES string of the molecule is CC(C)(C)OC(=O)N1CCCC2(C)C(O)CCCC12. The van der Waals surface area contributed by atoms with Crippen molar-refractivity contribution in [2.45, 2.75) is 77.5 Å².